The molecule has 2 heterocycles. The predicted molar refractivity (Wildman–Crippen MR) is 51.3 cm³/mol. The summed E-state index contributed by atoms with van der Waals surface area (Å²) in [7, 11) is 0. The summed E-state index contributed by atoms with van der Waals surface area (Å²) in [6.07, 6.45) is 1.88. The molecule has 2 aromatic heterocycles. The molecule has 0 aliphatic rings. The van der Waals surface area contributed by atoms with Crippen LogP contribution in [0, 0.1) is 10.6 Å². The number of H-pyrrole nitrogens is 1. The molecule has 0 bridgehead atoms. The lowest BCUT2D eigenvalue weighted by molar-refractivity contribution is 1.07. The third-order valence-electron chi connectivity index (χ3n) is 1.47. The number of hydrogen-bond acceptors (Lipinski definition) is 2. The van der Waals surface area contributed by atoms with Gasteiger partial charge in [0, 0.05) is 6.20 Å². The van der Waals surface area contributed by atoms with Crippen LogP contribution in [-0.2, 0) is 0 Å². The van der Waals surface area contributed by atoms with Crippen LogP contribution in [0.15, 0.2) is 12.3 Å². The number of rotatable bonds is 0. The van der Waals surface area contributed by atoms with Gasteiger partial charge in [0.15, 0.2) is 0 Å². The van der Waals surface area contributed by atoms with Crippen LogP contribution in [0.1, 0.15) is 5.82 Å². The Labute approximate surface area is 77.4 Å². The van der Waals surface area contributed by atoms with Gasteiger partial charge in [0.25, 0.3) is 0 Å². The lowest BCUT2D eigenvalue weighted by atomic mass is 10.4. The second kappa shape index (κ2) is 2.44. The van der Waals surface area contributed by atoms with Gasteiger partial charge in [0.1, 0.15) is 9.53 Å². The molecule has 11 heavy (non-hydrogen) atoms. The molecule has 0 unspecified atom stereocenters. The minimum atomic E-state index is 0.821. The molecule has 0 aromatic carbocycles. The molecule has 3 nitrogen and oxygen atoms in total. The maximum atomic E-state index is 4.25. The summed E-state index contributed by atoms with van der Waals surface area (Å²) in [4.78, 5) is 11.6. The fourth-order valence-corrected chi connectivity index (χ4v) is 1.80. The van der Waals surface area contributed by atoms with Crippen LogP contribution in [0.4, 0.5) is 0 Å². The van der Waals surface area contributed by atoms with E-state index in [2.05, 4.69) is 37.5 Å². The second-order valence-corrected chi connectivity index (χ2v) is 3.32. The average Bonchev–Trinajstić information content (AvgIpc) is 2.34. The first kappa shape index (κ1) is 7.02. The molecule has 0 spiro atoms. The van der Waals surface area contributed by atoms with Crippen LogP contribution >= 0.6 is 22.6 Å². The normalized spacial score (nSPS) is 10.7. The molecule has 0 aliphatic carbocycles. The van der Waals surface area contributed by atoms with E-state index in [0.717, 1.165) is 20.6 Å². The fraction of sp³-hybridized carbons (Fsp3) is 0.143. The number of aryl methyl sites for hydroxylation is 1. The van der Waals surface area contributed by atoms with Gasteiger partial charge in [-0.3, -0.25) is 0 Å². The van der Waals surface area contributed by atoms with E-state index in [0.29, 0.717) is 0 Å². The van der Waals surface area contributed by atoms with Crippen molar-refractivity contribution in [2.75, 3.05) is 0 Å². The van der Waals surface area contributed by atoms with Crippen LogP contribution < -0.4 is 0 Å². The molecule has 1 N–H and O–H groups in total. The van der Waals surface area contributed by atoms with Gasteiger partial charge in [-0.25, -0.2) is 9.97 Å². The third-order valence-corrected chi connectivity index (χ3v) is 2.25. The lowest BCUT2D eigenvalue weighted by Gasteiger charge is -1.94. The average molecular weight is 259 g/mol. The third kappa shape index (κ3) is 1.11. The molecule has 0 atom stereocenters. The van der Waals surface area contributed by atoms with Crippen molar-refractivity contribution in [3.8, 4) is 0 Å². The lowest BCUT2D eigenvalue weighted by Crippen LogP contribution is -1.90. The number of nitrogens with zero attached hydrogens (tertiary/aromatic N) is 2. The zero-order chi connectivity index (χ0) is 7.84. The Morgan fingerprint density at radius 1 is 1.45 bits per heavy atom. The second-order valence-electron chi connectivity index (χ2n) is 2.30. The molecule has 56 valence electrons. The largest absolute Gasteiger partial charge is 0.358 e. The van der Waals surface area contributed by atoms with Gasteiger partial charge in [-0.2, -0.15) is 0 Å². The van der Waals surface area contributed by atoms with Gasteiger partial charge in [-0.1, -0.05) is 0 Å². The first-order valence-electron chi connectivity index (χ1n) is 3.24. The highest BCUT2D eigenvalue weighted by Gasteiger charge is 2.01. The molecule has 4 heteroatoms. The molecule has 0 fully saturated rings. The Hall–Kier alpha value is -0.650. The Morgan fingerprint density at radius 2 is 2.27 bits per heavy atom. The number of halogens is 1. The van der Waals surface area contributed by atoms with Crippen molar-refractivity contribution < 1.29 is 0 Å². The van der Waals surface area contributed by atoms with Crippen molar-refractivity contribution in [3.05, 3.63) is 21.8 Å². The van der Waals surface area contributed by atoms with E-state index in [1.54, 1.807) is 0 Å². The van der Waals surface area contributed by atoms with Gasteiger partial charge in [0.05, 0.1) is 11.0 Å². The molecule has 2 rings (SSSR count). The minimum absolute atomic E-state index is 0.821. The van der Waals surface area contributed by atoms with Crippen molar-refractivity contribution in [1.29, 1.82) is 0 Å². The van der Waals surface area contributed by atoms with Crippen LogP contribution in [0.5, 0.6) is 0 Å². The maximum Gasteiger partial charge on any atom is 0.129 e. The Bertz CT molecular complexity index is 393. The van der Waals surface area contributed by atoms with Gasteiger partial charge in [-0.05, 0) is 35.6 Å². The van der Waals surface area contributed by atoms with Gasteiger partial charge in [0.2, 0.25) is 0 Å². The van der Waals surface area contributed by atoms with Gasteiger partial charge < -0.3 is 4.98 Å². The summed E-state index contributed by atoms with van der Waals surface area (Å²) in [6, 6.07) is 1.95. The molecule has 2 aromatic rings. The van der Waals surface area contributed by atoms with Crippen LogP contribution in [0.3, 0.4) is 0 Å². The SMILES string of the molecule is Cc1nc(I)c2[nH]ccc2n1. The highest BCUT2D eigenvalue weighted by molar-refractivity contribution is 14.1. The Balaban J connectivity index is 2.91. The van der Waals surface area contributed by atoms with Crippen molar-refractivity contribution in [2.45, 2.75) is 6.92 Å². The molecule has 0 saturated heterocycles. The zero-order valence-electron chi connectivity index (χ0n) is 5.93. The summed E-state index contributed by atoms with van der Waals surface area (Å²) in [5.74, 6) is 0.821. The summed E-state index contributed by atoms with van der Waals surface area (Å²) in [5.41, 5.74) is 2.01. The van der Waals surface area contributed by atoms with E-state index < -0.39 is 0 Å². The summed E-state index contributed by atoms with van der Waals surface area (Å²) in [5, 5.41) is 0. The van der Waals surface area contributed by atoms with Crippen molar-refractivity contribution >= 4 is 33.6 Å². The van der Waals surface area contributed by atoms with Gasteiger partial charge in [-0.15, -0.1) is 0 Å². The fourth-order valence-electron chi connectivity index (χ4n) is 1.02. The number of fused-ring (bicyclic) bond motifs is 1. The highest BCUT2D eigenvalue weighted by Crippen LogP contribution is 2.14. The number of nitrogens with one attached hydrogen (secondary N) is 1. The Morgan fingerprint density at radius 3 is 3.09 bits per heavy atom. The van der Waals surface area contributed by atoms with E-state index in [1.807, 2.05) is 19.2 Å². The quantitative estimate of drug-likeness (QED) is 0.579. The van der Waals surface area contributed by atoms with E-state index in [9.17, 15) is 0 Å². The maximum absolute atomic E-state index is 4.25. The van der Waals surface area contributed by atoms with Crippen molar-refractivity contribution in [3.63, 3.8) is 0 Å². The molecule has 0 aliphatic heterocycles. The minimum Gasteiger partial charge on any atom is -0.358 e. The summed E-state index contributed by atoms with van der Waals surface area (Å²) in [6.45, 7) is 1.90. The molecule has 0 amide bonds. The smallest absolute Gasteiger partial charge is 0.129 e. The number of aromatic amines is 1. The predicted octanol–water partition coefficient (Wildman–Crippen LogP) is 1.87. The van der Waals surface area contributed by atoms with E-state index in [-0.39, 0.29) is 0 Å². The van der Waals surface area contributed by atoms with Crippen LogP contribution in [0.25, 0.3) is 11.0 Å². The topological polar surface area (TPSA) is 41.6 Å². The molecule has 0 saturated carbocycles. The van der Waals surface area contributed by atoms with E-state index in [4.69, 9.17) is 0 Å². The summed E-state index contributed by atoms with van der Waals surface area (Å²) >= 11 is 2.20. The number of aromatic nitrogens is 3. The van der Waals surface area contributed by atoms with E-state index in [1.165, 1.54) is 0 Å². The first-order chi connectivity index (χ1) is 5.27. The van der Waals surface area contributed by atoms with Crippen molar-refractivity contribution in [2.24, 2.45) is 0 Å². The standard InChI is InChI=1S/C7H6IN3/c1-4-10-5-2-3-9-6(5)7(8)11-4/h2-3,9H,1H3. The Kier molecular flexibility index (Phi) is 1.56. The van der Waals surface area contributed by atoms with Crippen molar-refractivity contribution in [1.82, 2.24) is 15.0 Å². The first-order valence-corrected chi connectivity index (χ1v) is 4.32. The van der Waals surface area contributed by atoms with E-state index >= 15 is 0 Å². The van der Waals surface area contributed by atoms with Gasteiger partial charge >= 0.3 is 0 Å². The summed E-state index contributed by atoms with van der Waals surface area (Å²) < 4.78 is 0.982. The molecular weight excluding hydrogens is 253 g/mol. The van der Waals surface area contributed by atoms with Crippen LogP contribution in [0.2, 0.25) is 0 Å². The highest BCUT2D eigenvalue weighted by atomic mass is 127. The zero-order valence-corrected chi connectivity index (χ0v) is 8.08. The molecular formula is C7H6IN3. The monoisotopic (exact) mass is 259 g/mol. The molecule has 0 radical (unpaired) electrons. The number of hydrogen-bond donors (Lipinski definition) is 1. The van der Waals surface area contributed by atoms with Crippen LogP contribution in [-0.4, -0.2) is 15.0 Å².